The number of nitrogens with zero attached hydrogens (tertiary/aromatic N) is 5. The SMILES string of the molecule is CCOc1ccccc1N1CCN(Cn2nc(-c3ccccc3F)n(C)c2=S)CC1. The van der Waals surface area contributed by atoms with Gasteiger partial charge in [0.15, 0.2) is 10.6 Å². The molecule has 0 saturated carbocycles. The fourth-order valence-corrected chi connectivity index (χ4v) is 3.96. The van der Waals surface area contributed by atoms with E-state index in [1.807, 2.05) is 32.2 Å². The molecule has 3 aromatic rings. The molecule has 0 atom stereocenters. The maximum absolute atomic E-state index is 14.2. The lowest BCUT2D eigenvalue weighted by molar-refractivity contribution is 0.194. The maximum atomic E-state index is 14.2. The van der Waals surface area contributed by atoms with Crippen molar-refractivity contribution in [2.75, 3.05) is 37.7 Å². The third-order valence-corrected chi connectivity index (χ3v) is 5.85. The molecule has 2 heterocycles. The van der Waals surface area contributed by atoms with Crippen LogP contribution in [0.4, 0.5) is 10.1 Å². The lowest BCUT2D eigenvalue weighted by Crippen LogP contribution is -2.47. The zero-order chi connectivity index (χ0) is 21.1. The molecule has 4 rings (SSSR count). The van der Waals surface area contributed by atoms with Gasteiger partial charge in [-0.1, -0.05) is 24.3 Å². The summed E-state index contributed by atoms with van der Waals surface area (Å²) in [5, 5.41) is 4.61. The normalized spacial score (nSPS) is 14.8. The van der Waals surface area contributed by atoms with Gasteiger partial charge in [0.05, 0.1) is 24.5 Å². The van der Waals surface area contributed by atoms with E-state index in [-0.39, 0.29) is 5.82 Å². The summed E-state index contributed by atoms with van der Waals surface area (Å²) >= 11 is 5.56. The number of halogens is 1. The van der Waals surface area contributed by atoms with E-state index in [4.69, 9.17) is 17.0 Å². The summed E-state index contributed by atoms with van der Waals surface area (Å²) in [6.07, 6.45) is 0. The van der Waals surface area contributed by atoms with Crippen molar-refractivity contribution in [1.29, 1.82) is 0 Å². The van der Waals surface area contributed by atoms with Gasteiger partial charge >= 0.3 is 0 Å². The fourth-order valence-electron chi connectivity index (χ4n) is 3.77. The van der Waals surface area contributed by atoms with Gasteiger partial charge in [0.1, 0.15) is 11.6 Å². The molecular formula is C22H26FN5OS. The summed E-state index contributed by atoms with van der Waals surface area (Å²) < 4.78 is 24.1. The van der Waals surface area contributed by atoms with Crippen LogP contribution in [0.3, 0.4) is 0 Å². The number of anilines is 1. The smallest absolute Gasteiger partial charge is 0.199 e. The zero-order valence-electron chi connectivity index (χ0n) is 17.3. The van der Waals surface area contributed by atoms with Gasteiger partial charge in [-0.05, 0) is 43.4 Å². The Morgan fingerprint density at radius 2 is 1.73 bits per heavy atom. The molecule has 30 heavy (non-hydrogen) atoms. The Hall–Kier alpha value is -2.71. The van der Waals surface area contributed by atoms with Crippen LogP contribution in [-0.2, 0) is 13.7 Å². The first-order valence-electron chi connectivity index (χ1n) is 10.2. The molecular weight excluding hydrogens is 401 g/mol. The van der Waals surface area contributed by atoms with Gasteiger partial charge in [-0.3, -0.25) is 4.90 Å². The van der Waals surface area contributed by atoms with Crippen molar-refractivity contribution in [3.63, 3.8) is 0 Å². The van der Waals surface area contributed by atoms with E-state index in [0.29, 0.717) is 29.4 Å². The summed E-state index contributed by atoms with van der Waals surface area (Å²) in [5.74, 6) is 1.17. The third kappa shape index (κ3) is 4.11. The van der Waals surface area contributed by atoms with E-state index in [1.165, 1.54) is 6.07 Å². The van der Waals surface area contributed by atoms with Gasteiger partial charge in [-0.25, -0.2) is 9.07 Å². The van der Waals surface area contributed by atoms with Crippen LogP contribution < -0.4 is 9.64 Å². The molecule has 1 saturated heterocycles. The molecule has 0 radical (unpaired) electrons. The number of ether oxygens (including phenoxy) is 1. The van der Waals surface area contributed by atoms with Crippen molar-refractivity contribution < 1.29 is 9.13 Å². The standard InChI is InChI=1S/C22H26FN5OS/c1-3-29-20-11-7-6-10-19(20)27-14-12-26(13-15-27)16-28-22(30)25(2)21(24-28)17-8-4-5-9-18(17)23/h4-11H,3,12-16H2,1-2H3. The van der Waals surface area contributed by atoms with Crippen LogP contribution in [0.1, 0.15) is 6.92 Å². The second-order valence-electron chi connectivity index (χ2n) is 7.29. The minimum Gasteiger partial charge on any atom is -0.492 e. The first-order chi connectivity index (χ1) is 14.6. The van der Waals surface area contributed by atoms with Crippen LogP contribution in [0.15, 0.2) is 48.5 Å². The quantitative estimate of drug-likeness (QED) is 0.557. The van der Waals surface area contributed by atoms with Crippen molar-refractivity contribution >= 4 is 17.9 Å². The average Bonchev–Trinajstić information content (AvgIpc) is 3.04. The number of para-hydroxylation sites is 2. The second kappa shape index (κ2) is 8.97. The summed E-state index contributed by atoms with van der Waals surface area (Å²) in [7, 11) is 1.83. The average molecular weight is 428 g/mol. The number of hydrogen-bond donors (Lipinski definition) is 0. The number of piperazine rings is 1. The molecule has 6 nitrogen and oxygen atoms in total. The number of benzene rings is 2. The topological polar surface area (TPSA) is 38.5 Å². The van der Waals surface area contributed by atoms with Crippen molar-refractivity contribution in [2.24, 2.45) is 7.05 Å². The van der Waals surface area contributed by atoms with Gasteiger partial charge in [0.25, 0.3) is 0 Å². The molecule has 8 heteroatoms. The molecule has 1 fully saturated rings. The summed E-state index contributed by atoms with van der Waals surface area (Å²) in [6.45, 7) is 6.79. The van der Waals surface area contributed by atoms with E-state index in [0.717, 1.165) is 37.6 Å². The van der Waals surface area contributed by atoms with E-state index in [2.05, 4.69) is 21.0 Å². The molecule has 1 aromatic heterocycles. The number of rotatable bonds is 6. The van der Waals surface area contributed by atoms with E-state index in [9.17, 15) is 4.39 Å². The van der Waals surface area contributed by atoms with Gasteiger partial charge in [0.2, 0.25) is 0 Å². The van der Waals surface area contributed by atoms with Crippen LogP contribution >= 0.6 is 12.2 Å². The Bertz CT molecular complexity index is 1070. The molecule has 0 bridgehead atoms. The van der Waals surface area contributed by atoms with Gasteiger partial charge in [-0.15, -0.1) is 0 Å². The highest BCUT2D eigenvalue weighted by molar-refractivity contribution is 7.71. The van der Waals surface area contributed by atoms with Crippen LogP contribution in [0, 0.1) is 10.6 Å². The van der Waals surface area contributed by atoms with Crippen LogP contribution in [-0.4, -0.2) is 52.0 Å². The Kier molecular flexibility index (Phi) is 6.15. The highest BCUT2D eigenvalue weighted by Gasteiger charge is 2.21. The fraction of sp³-hybridized carbons (Fsp3) is 0.364. The molecule has 158 valence electrons. The molecule has 0 amide bonds. The Labute approximate surface area is 181 Å². The van der Waals surface area contributed by atoms with Gasteiger partial charge < -0.3 is 14.2 Å². The summed E-state index contributed by atoms with van der Waals surface area (Å²) in [5.41, 5.74) is 1.59. The van der Waals surface area contributed by atoms with Crippen molar-refractivity contribution in [3.05, 3.63) is 59.1 Å². The number of aromatic nitrogens is 3. The third-order valence-electron chi connectivity index (χ3n) is 5.37. The molecule has 2 aromatic carbocycles. The van der Waals surface area contributed by atoms with Gasteiger partial charge in [-0.2, -0.15) is 5.10 Å². The lowest BCUT2D eigenvalue weighted by atomic mass is 10.2. The molecule has 0 unspecified atom stereocenters. The highest BCUT2D eigenvalue weighted by Crippen LogP contribution is 2.29. The minimum atomic E-state index is -0.297. The minimum absolute atomic E-state index is 0.297. The number of hydrogen-bond acceptors (Lipinski definition) is 5. The Morgan fingerprint density at radius 1 is 1.03 bits per heavy atom. The molecule has 1 aliphatic rings. The maximum Gasteiger partial charge on any atom is 0.199 e. The molecule has 0 spiro atoms. The van der Waals surface area contributed by atoms with Crippen molar-refractivity contribution in [3.8, 4) is 17.1 Å². The Balaban J connectivity index is 1.46. The van der Waals surface area contributed by atoms with Crippen molar-refractivity contribution in [1.82, 2.24) is 19.2 Å². The van der Waals surface area contributed by atoms with Crippen LogP contribution in [0.2, 0.25) is 0 Å². The largest absolute Gasteiger partial charge is 0.492 e. The van der Waals surface area contributed by atoms with Crippen LogP contribution in [0.5, 0.6) is 5.75 Å². The molecule has 0 N–H and O–H groups in total. The first kappa shape index (κ1) is 20.6. The van der Waals surface area contributed by atoms with Crippen molar-refractivity contribution in [2.45, 2.75) is 13.6 Å². The van der Waals surface area contributed by atoms with Crippen LogP contribution in [0.25, 0.3) is 11.4 Å². The summed E-state index contributed by atoms with van der Waals surface area (Å²) in [4.78, 5) is 4.66. The van der Waals surface area contributed by atoms with E-state index >= 15 is 0 Å². The predicted molar refractivity (Wildman–Crippen MR) is 119 cm³/mol. The lowest BCUT2D eigenvalue weighted by Gasteiger charge is -2.36. The van der Waals surface area contributed by atoms with Gasteiger partial charge in [0, 0.05) is 33.2 Å². The Morgan fingerprint density at radius 3 is 2.47 bits per heavy atom. The molecule has 0 aliphatic carbocycles. The summed E-state index contributed by atoms with van der Waals surface area (Å²) in [6, 6.07) is 14.8. The monoisotopic (exact) mass is 427 g/mol. The van der Waals surface area contributed by atoms with E-state index < -0.39 is 0 Å². The second-order valence-corrected chi connectivity index (χ2v) is 7.66. The molecule has 1 aliphatic heterocycles. The first-order valence-corrected chi connectivity index (χ1v) is 10.6. The predicted octanol–water partition coefficient (Wildman–Crippen LogP) is 3.94. The van der Waals surface area contributed by atoms with E-state index in [1.54, 1.807) is 27.4 Å². The zero-order valence-corrected chi connectivity index (χ0v) is 18.1. The highest BCUT2D eigenvalue weighted by atomic mass is 32.1.